The highest BCUT2D eigenvalue weighted by Gasteiger charge is 2.25. The van der Waals surface area contributed by atoms with Crippen LogP contribution < -0.4 is 0 Å². The van der Waals surface area contributed by atoms with Crippen LogP contribution in [0.15, 0.2) is 78.9 Å². The van der Waals surface area contributed by atoms with Crippen LogP contribution >= 0.6 is 11.3 Å². The smallest absolute Gasteiger partial charge is 0.254 e. The number of carbonyl (C=O) groups is 1. The average Bonchev–Trinajstić information content (AvgIpc) is 3.31. The monoisotopic (exact) mass is 478 g/mol. The highest BCUT2D eigenvalue weighted by atomic mass is 32.1. The number of nitrogens with zero attached hydrogens (tertiary/aromatic N) is 4. The molecule has 1 aliphatic heterocycles. The van der Waals surface area contributed by atoms with Crippen molar-refractivity contribution >= 4 is 38.4 Å². The van der Waals surface area contributed by atoms with Gasteiger partial charge < -0.3 is 4.90 Å². The molecule has 0 atom stereocenters. The first-order chi connectivity index (χ1) is 17.1. The van der Waals surface area contributed by atoms with Crippen LogP contribution in [0.4, 0.5) is 0 Å². The predicted molar refractivity (Wildman–Crippen MR) is 143 cm³/mol. The van der Waals surface area contributed by atoms with E-state index in [-0.39, 0.29) is 5.91 Å². The number of hydrogen-bond donors (Lipinski definition) is 0. The Morgan fingerprint density at radius 3 is 2.34 bits per heavy atom. The molecule has 0 aliphatic carbocycles. The van der Waals surface area contributed by atoms with Crippen molar-refractivity contribution in [3.05, 3.63) is 95.0 Å². The Kier molecular flexibility index (Phi) is 5.76. The van der Waals surface area contributed by atoms with Gasteiger partial charge in [0.15, 0.2) is 0 Å². The Bertz CT molecular complexity index is 1480. The Morgan fingerprint density at radius 1 is 0.857 bits per heavy atom. The molecule has 174 valence electrons. The number of rotatable bonds is 4. The highest BCUT2D eigenvalue weighted by Crippen LogP contribution is 2.27. The maximum absolute atomic E-state index is 13.7. The Hall–Kier alpha value is -3.61. The first-order valence-corrected chi connectivity index (χ1v) is 12.8. The van der Waals surface area contributed by atoms with Crippen molar-refractivity contribution in [2.24, 2.45) is 0 Å². The quantitative estimate of drug-likeness (QED) is 0.329. The molecule has 3 aromatic carbocycles. The SMILES string of the molecule is Cc1ccc(-c2cc(C(=O)N3CCN(Cc4nc5ccccc5s4)CC3)c3ccccc3n2)cc1. The standard InChI is InChI=1S/C29H26N4OS/c1-20-10-12-21(13-11-20)26-18-23(22-6-2-3-7-24(22)30-26)29(34)33-16-14-32(15-17-33)19-28-31-25-8-4-5-9-27(25)35-28/h2-13,18H,14-17,19H2,1H3. The van der Waals surface area contributed by atoms with Crippen molar-refractivity contribution in [3.8, 4) is 11.3 Å². The average molecular weight is 479 g/mol. The number of carbonyl (C=O) groups excluding carboxylic acids is 1. The zero-order valence-corrected chi connectivity index (χ0v) is 20.5. The number of benzene rings is 3. The van der Waals surface area contributed by atoms with Crippen LogP contribution in [-0.2, 0) is 6.54 Å². The minimum atomic E-state index is 0.0802. The molecule has 0 bridgehead atoms. The molecule has 1 aliphatic rings. The molecule has 1 amide bonds. The van der Waals surface area contributed by atoms with Gasteiger partial charge in [0.2, 0.25) is 0 Å². The fourth-order valence-corrected chi connectivity index (χ4v) is 5.69. The van der Waals surface area contributed by atoms with Crippen molar-refractivity contribution in [1.82, 2.24) is 19.8 Å². The highest BCUT2D eigenvalue weighted by molar-refractivity contribution is 7.18. The van der Waals surface area contributed by atoms with Gasteiger partial charge >= 0.3 is 0 Å². The van der Waals surface area contributed by atoms with Gasteiger partial charge in [0.25, 0.3) is 5.91 Å². The van der Waals surface area contributed by atoms with E-state index in [2.05, 4.69) is 54.3 Å². The van der Waals surface area contributed by atoms with Crippen LogP contribution in [-0.4, -0.2) is 51.9 Å². The number of aromatic nitrogens is 2. The van der Waals surface area contributed by atoms with Crippen molar-refractivity contribution in [2.75, 3.05) is 26.2 Å². The molecule has 0 unspecified atom stereocenters. The van der Waals surface area contributed by atoms with E-state index >= 15 is 0 Å². The summed E-state index contributed by atoms with van der Waals surface area (Å²) in [5.41, 5.74) is 5.71. The lowest BCUT2D eigenvalue weighted by molar-refractivity contribution is 0.0630. The van der Waals surface area contributed by atoms with E-state index in [0.717, 1.165) is 57.9 Å². The van der Waals surface area contributed by atoms with Crippen molar-refractivity contribution in [3.63, 3.8) is 0 Å². The molecule has 5 aromatic rings. The molecule has 1 fully saturated rings. The first kappa shape index (κ1) is 21.9. The van der Waals surface area contributed by atoms with Gasteiger partial charge in [-0.2, -0.15) is 0 Å². The molecule has 0 spiro atoms. The largest absolute Gasteiger partial charge is 0.336 e. The van der Waals surface area contributed by atoms with E-state index in [9.17, 15) is 4.79 Å². The summed E-state index contributed by atoms with van der Waals surface area (Å²) in [5, 5.41) is 2.04. The van der Waals surface area contributed by atoms with Crippen molar-refractivity contribution in [2.45, 2.75) is 13.5 Å². The van der Waals surface area contributed by atoms with Gasteiger partial charge in [-0.25, -0.2) is 9.97 Å². The normalized spacial score (nSPS) is 14.6. The molecule has 0 saturated carbocycles. The van der Waals surface area contributed by atoms with E-state index in [4.69, 9.17) is 9.97 Å². The number of amides is 1. The van der Waals surface area contributed by atoms with Gasteiger partial charge in [-0.1, -0.05) is 60.2 Å². The topological polar surface area (TPSA) is 49.3 Å². The molecular formula is C29H26N4OS. The fourth-order valence-electron chi connectivity index (χ4n) is 4.68. The number of aryl methyl sites for hydroxylation is 1. The van der Waals surface area contributed by atoms with E-state index in [1.165, 1.54) is 10.3 Å². The van der Waals surface area contributed by atoms with Crippen LogP contribution in [0.5, 0.6) is 0 Å². The molecule has 35 heavy (non-hydrogen) atoms. The summed E-state index contributed by atoms with van der Waals surface area (Å²) < 4.78 is 1.23. The third-order valence-electron chi connectivity index (χ3n) is 6.65. The lowest BCUT2D eigenvalue weighted by Crippen LogP contribution is -2.48. The maximum atomic E-state index is 13.7. The predicted octanol–water partition coefficient (Wildman–Crippen LogP) is 5.78. The molecule has 0 radical (unpaired) electrons. The van der Waals surface area contributed by atoms with Gasteiger partial charge in [0, 0.05) is 37.1 Å². The van der Waals surface area contributed by atoms with Gasteiger partial charge in [-0.15, -0.1) is 11.3 Å². The van der Waals surface area contributed by atoms with Crippen LogP contribution in [0.1, 0.15) is 20.9 Å². The van der Waals surface area contributed by atoms with Gasteiger partial charge in [-0.3, -0.25) is 9.69 Å². The summed E-state index contributed by atoms with van der Waals surface area (Å²) in [5.74, 6) is 0.0802. The van der Waals surface area contributed by atoms with Crippen LogP contribution in [0.25, 0.3) is 32.4 Å². The summed E-state index contributed by atoms with van der Waals surface area (Å²) in [6, 6.07) is 26.5. The minimum Gasteiger partial charge on any atom is -0.336 e. The Balaban J connectivity index is 1.22. The van der Waals surface area contributed by atoms with Crippen LogP contribution in [0.3, 0.4) is 0 Å². The molecular weight excluding hydrogens is 452 g/mol. The summed E-state index contributed by atoms with van der Waals surface area (Å²) in [7, 11) is 0. The second-order valence-electron chi connectivity index (χ2n) is 9.08. The number of fused-ring (bicyclic) bond motifs is 2. The number of pyridine rings is 1. The second-order valence-corrected chi connectivity index (χ2v) is 10.2. The van der Waals surface area contributed by atoms with Crippen LogP contribution in [0.2, 0.25) is 0 Å². The number of thiazole rings is 1. The number of hydrogen-bond acceptors (Lipinski definition) is 5. The number of piperazine rings is 1. The zero-order valence-electron chi connectivity index (χ0n) is 19.6. The molecule has 2 aromatic heterocycles. The number of para-hydroxylation sites is 2. The molecule has 6 rings (SSSR count). The third kappa shape index (κ3) is 4.43. The third-order valence-corrected chi connectivity index (χ3v) is 7.67. The van der Waals surface area contributed by atoms with Crippen molar-refractivity contribution < 1.29 is 4.79 Å². The van der Waals surface area contributed by atoms with E-state index in [1.54, 1.807) is 11.3 Å². The van der Waals surface area contributed by atoms with Gasteiger partial charge in [0.05, 0.1) is 33.5 Å². The second kappa shape index (κ2) is 9.21. The summed E-state index contributed by atoms with van der Waals surface area (Å²) >= 11 is 1.76. The molecule has 1 saturated heterocycles. The minimum absolute atomic E-state index is 0.0802. The maximum Gasteiger partial charge on any atom is 0.254 e. The van der Waals surface area contributed by atoms with Crippen molar-refractivity contribution in [1.29, 1.82) is 0 Å². The Labute approximate surface area is 208 Å². The molecule has 5 nitrogen and oxygen atoms in total. The fraction of sp³-hybridized carbons (Fsp3) is 0.207. The van der Waals surface area contributed by atoms with Gasteiger partial charge in [0.1, 0.15) is 5.01 Å². The van der Waals surface area contributed by atoms with E-state index < -0.39 is 0 Å². The molecule has 3 heterocycles. The van der Waals surface area contributed by atoms with Gasteiger partial charge in [-0.05, 0) is 31.2 Å². The lowest BCUT2D eigenvalue weighted by atomic mass is 10.0. The summed E-state index contributed by atoms with van der Waals surface area (Å²) in [6.45, 7) is 6.01. The zero-order chi connectivity index (χ0) is 23.8. The van der Waals surface area contributed by atoms with Crippen LogP contribution in [0, 0.1) is 6.92 Å². The summed E-state index contributed by atoms with van der Waals surface area (Å²) in [4.78, 5) is 27.7. The molecule has 6 heteroatoms. The Morgan fingerprint density at radius 2 is 1.57 bits per heavy atom. The summed E-state index contributed by atoms with van der Waals surface area (Å²) in [6.07, 6.45) is 0. The molecule has 0 N–H and O–H groups in total. The lowest BCUT2D eigenvalue weighted by Gasteiger charge is -2.34. The van der Waals surface area contributed by atoms with E-state index in [0.29, 0.717) is 13.1 Å². The van der Waals surface area contributed by atoms with E-state index in [1.807, 2.05) is 41.3 Å². The first-order valence-electron chi connectivity index (χ1n) is 12.0.